The molecule has 1 aliphatic rings. The average molecular weight is 250 g/mol. The molecule has 0 radical (unpaired) electrons. The minimum Gasteiger partial charge on any atom is -0.477 e. The van der Waals surface area contributed by atoms with Gasteiger partial charge in [-0.3, -0.25) is 0 Å². The van der Waals surface area contributed by atoms with E-state index in [1.54, 1.807) is 12.1 Å². The third-order valence-corrected chi connectivity index (χ3v) is 3.51. The van der Waals surface area contributed by atoms with E-state index >= 15 is 0 Å². The van der Waals surface area contributed by atoms with Gasteiger partial charge in [0.05, 0.1) is 12.1 Å². The number of aliphatic hydroxyl groups excluding tert-OH is 1. The van der Waals surface area contributed by atoms with Gasteiger partial charge in [0.25, 0.3) is 0 Å². The zero-order valence-corrected chi connectivity index (χ0v) is 10.4. The van der Waals surface area contributed by atoms with E-state index in [-0.39, 0.29) is 17.8 Å². The number of likely N-dealkylation sites (N-methyl/N-ethyl adjacent to an activating group) is 1. The zero-order chi connectivity index (χ0) is 13.1. The van der Waals surface area contributed by atoms with Gasteiger partial charge in [0.2, 0.25) is 0 Å². The van der Waals surface area contributed by atoms with Gasteiger partial charge >= 0.3 is 5.97 Å². The summed E-state index contributed by atoms with van der Waals surface area (Å²) in [6.45, 7) is 0. The quantitative estimate of drug-likeness (QED) is 0.850. The maximum Gasteiger partial charge on any atom is 0.354 e. The number of hydrogen-bond acceptors (Lipinski definition) is 4. The molecule has 0 amide bonds. The molecule has 18 heavy (non-hydrogen) atoms. The molecule has 0 aliphatic heterocycles. The summed E-state index contributed by atoms with van der Waals surface area (Å²) in [6, 6.07) is 4.94. The Kier molecular flexibility index (Phi) is 3.81. The van der Waals surface area contributed by atoms with Gasteiger partial charge in [0.1, 0.15) is 5.82 Å². The zero-order valence-electron chi connectivity index (χ0n) is 10.4. The van der Waals surface area contributed by atoms with Crippen molar-refractivity contribution in [1.82, 2.24) is 4.98 Å². The highest BCUT2D eigenvalue weighted by molar-refractivity contribution is 5.85. The molecule has 5 heteroatoms. The second kappa shape index (κ2) is 5.35. The number of aromatic nitrogens is 1. The van der Waals surface area contributed by atoms with Gasteiger partial charge in [-0.05, 0) is 25.0 Å². The maximum absolute atomic E-state index is 10.9. The molecule has 2 rings (SSSR count). The van der Waals surface area contributed by atoms with E-state index in [1.165, 1.54) is 6.07 Å². The smallest absolute Gasteiger partial charge is 0.354 e. The SMILES string of the molecule is CN(c1cccc(C(=O)O)n1)[C@@H]1CCCC[C@H]1O. The Bertz CT molecular complexity index is 436. The first-order valence-corrected chi connectivity index (χ1v) is 6.21. The number of anilines is 1. The standard InChI is InChI=1S/C13H18N2O3/c1-15(10-6-2-3-7-11(10)16)12-8-4-5-9(14-12)13(17)18/h4-5,8,10-11,16H,2-3,6-7H2,1H3,(H,17,18)/t10-,11-/m1/s1. The monoisotopic (exact) mass is 250 g/mol. The fraction of sp³-hybridized carbons (Fsp3) is 0.538. The second-order valence-electron chi connectivity index (χ2n) is 4.72. The van der Waals surface area contributed by atoms with Gasteiger partial charge in [-0.15, -0.1) is 0 Å². The van der Waals surface area contributed by atoms with Crippen LogP contribution in [-0.4, -0.2) is 40.4 Å². The molecule has 0 spiro atoms. The van der Waals surface area contributed by atoms with Crippen molar-refractivity contribution in [2.24, 2.45) is 0 Å². The number of hydrogen-bond donors (Lipinski definition) is 2. The molecule has 5 nitrogen and oxygen atoms in total. The number of nitrogens with zero attached hydrogens (tertiary/aromatic N) is 2. The van der Waals surface area contributed by atoms with Crippen LogP contribution in [0.2, 0.25) is 0 Å². The number of carboxylic acid groups (broad SMARTS) is 1. The van der Waals surface area contributed by atoms with Crippen molar-refractivity contribution in [3.63, 3.8) is 0 Å². The Hall–Kier alpha value is -1.62. The van der Waals surface area contributed by atoms with Gasteiger partial charge in [-0.25, -0.2) is 9.78 Å². The molecule has 1 heterocycles. The molecule has 0 aromatic carbocycles. The summed E-state index contributed by atoms with van der Waals surface area (Å²) in [5, 5.41) is 18.9. The third kappa shape index (κ3) is 2.61. The molecule has 1 fully saturated rings. The van der Waals surface area contributed by atoms with Gasteiger partial charge < -0.3 is 15.1 Å². The van der Waals surface area contributed by atoms with Gasteiger partial charge in [0.15, 0.2) is 5.69 Å². The third-order valence-electron chi connectivity index (χ3n) is 3.51. The van der Waals surface area contributed by atoms with E-state index in [4.69, 9.17) is 5.11 Å². The van der Waals surface area contributed by atoms with E-state index in [1.807, 2.05) is 11.9 Å². The van der Waals surface area contributed by atoms with Crippen LogP contribution >= 0.6 is 0 Å². The Morgan fingerprint density at radius 1 is 1.39 bits per heavy atom. The Morgan fingerprint density at radius 3 is 2.78 bits per heavy atom. The number of aliphatic hydroxyl groups is 1. The molecule has 2 atom stereocenters. The van der Waals surface area contributed by atoms with Crippen LogP contribution < -0.4 is 4.90 Å². The minimum atomic E-state index is -1.03. The average Bonchev–Trinajstić information content (AvgIpc) is 2.38. The molecule has 1 saturated carbocycles. The predicted molar refractivity (Wildman–Crippen MR) is 67.9 cm³/mol. The van der Waals surface area contributed by atoms with Crippen molar-refractivity contribution >= 4 is 11.8 Å². The van der Waals surface area contributed by atoms with Crippen molar-refractivity contribution in [2.75, 3.05) is 11.9 Å². The molecule has 2 N–H and O–H groups in total. The Morgan fingerprint density at radius 2 is 2.11 bits per heavy atom. The normalized spacial score (nSPS) is 23.7. The number of carboxylic acids is 1. The first-order chi connectivity index (χ1) is 8.59. The summed E-state index contributed by atoms with van der Waals surface area (Å²) in [5.41, 5.74) is 0.0321. The highest BCUT2D eigenvalue weighted by Crippen LogP contribution is 2.25. The van der Waals surface area contributed by atoms with Gasteiger partial charge in [0, 0.05) is 7.05 Å². The Balaban J connectivity index is 2.19. The highest BCUT2D eigenvalue weighted by Gasteiger charge is 2.27. The van der Waals surface area contributed by atoms with E-state index in [9.17, 15) is 9.90 Å². The second-order valence-corrected chi connectivity index (χ2v) is 4.72. The van der Waals surface area contributed by atoms with Crippen molar-refractivity contribution in [3.8, 4) is 0 Å². The lowest BCUT2D eigenvalue weighted by Gasteiger charge is -2.35. The van der Waals surface area contributed by atoms with Crippen LogP contribution in [0.5, 0.6) is 0 Å². The van der Waals surface area contributed by atoms with Crippen molar-refractivity contribution < 1.29 is 15.0 Å². The molecule has 1 aromatic heterocycles. The van der Waals surface area contributed by atoms with Crippen LogP contribution in [0.25, 0.3) is 0 Å². The summed E-state index contributed by atoms with van der Waals surface area (Å²) in [6.07, 6.45) is 3.49. The fourth-order valence-electron chi connectivity index (χ4n) is 2.45. The van der Waals surface area contributed by atoms with Crippen LogP contribution in [0.1, 0.15) is 36.2 Å². The number of pyridine rings is 1. The van der Waals surface area contributed by atoms with E-state index in [0.717, 1.165) is 25.7 Å². The lowest BCUT2D eigenvalue weighted by atomic mass is 9.91. The summed E-state index contributed by atoms with van der Waals surface area (Å²) in [5.74, 6) is -0.435. The largest absolute Gasteiger partial charge is 0.477 e. The molecule has 0 saturated heterocycles. The van der Waals surface area contributed by atoms with E-state index < -0.39 is 5.97 Å². The fourth-order valence-corrected chi connectivity index (χ4v) is 2.45. The highest BCUT2D eigenvalue weighted by atomic mass is 16.4. The molecule has 98 valence electrons. The van der Waals surface area contributed by atoms with Crippen LogP contribution in [0.3, 0.4) is 0 Å². The van der Waals surface area contributed by atoms with Crippen molar-refractivity contribution in [1.29, 1.82) is 0 Å². The lowest BCUT2D eigenvalue weighted by Crippen LogP contribution is -2.43. The summed E-state index contributed by atoms with van der Waals surface area (Å²) >= 11 is 0. The molecule has 1 aromatic rings. The van der Waals surface area contributed by atoms with Crippen molar-refractivity contribution in [3.05, 3.63) is 23.9 Å². The van der Waals surface area contributed by atoms with E-state index in [0.29, 0.717) is 5.82 Å². The minimum absolute atomic E-state index is 0.0234. The van der Waals surface area contributed by atoms with Gasteiger partial charge in [-0.2, -0.15) is 0 Å². The summed E-state index contributed by atoms with van der Waals surface area (Å²) in [4.78, 5) is 16.9. The molecule has 0 bridgehead atoms. The topological polar surface area (TPSA) is 73.7 Å². The van der Waals surface area contributed by atoms with E-state index in [2.05, 4.69) is 4.98 Å². The summed E-state index contributed by atoms with van der Waals surface area (Å²) < 4.78 is 0. The van der Waals surface area contributed by atoms with Crippen LogP contribution in [0.15, 0.2) is 18.2 Å². The van der Waals surface area contributed by atoms with Crippen LogP contribution in [0.4, 0.5) is 5.82 Å². The molecule has 1 aliphatic carbocycles. The van der Waals surface area contributed by atoms with Crippen molar-refractivity contribution in [2.45, 2.75) is 37.8 Å². The molecular weight excluding hydrogens is 232 g/mol. The van der Waals surface area contributed by atoms with Crippen LogP contribution in [-0.2, 0) is 0 Å². The molecular formula is C13H18N2O3. The number of rotatable bonds is 3. The summed E-state index contributed by atoms with van der Waals surface area (Å²) in [7, 11) is 1.85. The first kappa shape index (κ1) is 12.8. The van der Waals surface area contributed by atoms with Crippen LogP contribution in [0, 0.1) is 0 Å². The van der Waals surface area contributed by atoms with Gasteiger partial charge in [-0.1, -0.05) is 18.9 Å². The maximum atomic E-state index is 10.9. The lowest BCUT2D eigenvalue weighted by molar-refractivity contribution is 0.0690. The number of carbonyl (C=O) groups is 1. The first-order valence-electron chi connectivity index (χ1n) is 6.21. The predicted octanol–water partition coefficient (Wildman–Crippen LogP) is 1.52. The molecule has 0 unspecified atom stereocenters. The number of aromatic carboxylic acids is 1. The Labute approximate surface area is 106 Å².